The number of hydrogen-bond donors (Lipinski definition) is 1. The van der Waals surface area contributed by atoms with Gasteiger partial charge in [0.25, 0.3) is 0 Å². The molecule has 152 valence electrons. The molecule has 2 heterocycles. The van der Waals surface area contributed by atoms with Crippen molar-refractivity contribution in [3.63, 3.8) is 0 Å². The Hall–Kier alpha value is -3.88. The topological polar surface area (TPSA) is 116 Å². The Morgan fingerprint density at radius 1 is 1.13 bits per heavy atom. The zero-order valence-electron chi connectivity index (χ0n) is 16.0. The fraction of sp³-hybridized carbons (Fsp3) is 0.238. The van der Waals surface area contributed by atoms with Crippen LogP contribution >= 0.6 is 0 Å². The first kappa shape index (κ1) is 19.4. The van der Waals surface area contributed by atoms with E-state index in [1.165, 1.54) is 11.0 Å². The number of hydrogen-bond acceptors (Lipinski definition) is 7. The minimum atomic E-state index is -0.783. The number of Topliss-reactive ketones (excluding diaryl/α,β-unsaturated/α-hetero) is 1. The average Bonchev–Trinajstić information content (AvgIpc) is 3.30. The van der Waals surface area contributed by atoms with Crippen molar-refractivity contribution in [2.75, 3.05) is 11.9 Å². The van der Waals surface area contributed by atoms with Gasteiger partial charge in [0.15, 0.2) is 18.4 Å². The number of carbonyl (C=O) groups excluding carboxylic acids is 3. The van der Waals surface area contributed by atoms with Crippen molar-refractivity contribution < 1.29 is 19.1 Å². The number of nitrogens with one attached hydrogen (secondary N) is 1. The molecule has 9 nitrogen and oxygen atoms in total. The molecule has 0 bridgehead atoms. The number of fused-ring (bicyclic) bond motifs is 1. The highest BCUT2D eigenvalue weighted by Crippen LogP contribution is 2.24. The molecule has 30 heavy (non-hydrogen) atoms. The molecule has 1 aromatic heterocycles. The van der Waals surface area contributed by atoms with Crippen molar-refractivity contribution in [1.29, 1.82) is 0 Å². The summed E-state index contributed by atoms with van der Waals surface area (Å²) in [6, 6.07) is 13.7. The van der Waals surface area contributed by atoms with Gasteiger partial charge in [0.2, 0.25) is 5.91 Å². The predicted molar refractivity (Wildman–Crippen MR) is 106 cm³/mol. The van der Waals surface area contributed by atoms with Gasteiger partial charge in [-0.05, 0) is 46.2 Å². The van der Waals surface area contributed by atoms with Crippen LogP contribution in [0.3, 0.4) is 0 Å². The van der Waals surface area contributed by atoms with Crippen molar-refractivity contribution in [3.8, 4) is 0 Å². The first-order valence-corrected chi connectivity index (χ1v) is 9.49. The Balaban J connectivity index is 1.43. The molecule has 0 saturated heterocycles. The lowest BCUT2D eigenvalue weighted by Gasteiger charge is -2.18. The summed E-state index contributed by atoms with van der Waals surface area (Å²) >= 11 is 0. The molecule has 9 heteroatoms. The van der Waals surface area contributed by atoms with E-state index in [9.17, 15) is 14.4 Å². The molecule has 0 saturated carbocycles. The highest BCUT2D eigenvalue weighted by atomic mass is 16.5. The maximum atomic E-state index is 12.7. The number of nitrogens with zero attached hydrogens (tertiary/aromatic N) is 4. The fourth-order valence-electron chi connectivity index (χ4n) is 3.31. The predicted octanol–water partition coefficient (Wildman–Crippen LogP) is 1.77. The van der Waals surface area contributed by atoms with Crippen LogP contribution in [0.15, 0.2) is 54.9 Å². The van der Waals surface area contributed by atoms with Crippen molar-refractivity contribution in [2.45, 2.75) is 25.3 Å². The monoisotopic (exact) mass is 405 g/mol. The highest BCUT2D eigenvalue weighted by molar-refractivity contribution is 6.00. The fourth-order valence-corrected chi connectivity index (χ4v) is 3.31. The number of benzene rings is 2. The van der Waals surface area contributed by atoms with Gasteiger partial charge in [-0.3, -0.25) is 9.59 Å². The number of esters is 1. The van der Waals surface area contributed by atoms with Gasteiger partial charge in [-0.25, -0.2) is 9.48 Å². The van der Waals surface area contributed by atoms with Crippen LogP contribution in [0, 0.1) is 0 Å². The van der Waals surface area contributed by atoms with Crippen LogP contribution in [0.5, 0.6) is 0 Å². The summed E-state index contributed by atoms with van der Waals surface area (Å²) in [5, 5.41) is 13.7. The van der Waals surface area contributed by atoms with Gasteiger partial charge < -0.3 is 10.1 Å². The van der Waals surface area contributed by atoms with E-state index >= 15 is 0 Å². The smallest absolute Gasteiger partial charge is 0.331 e. The number of anilines is 1. The Labute approximate surface area is 172 Å². The molecule has 1 atom stereocenters. The van der Waals surface area contributed by atoms with Gasteiger partial charge >= 0.3 is 5.97 Å². The van der Waals surface area contributed by atoms with Crippen LogP contribution in [-0.2, 0) is 27.2 Å². The molecule has 1 amide bonds. The van der Waals surface area contributed by atoms with Crippen molar-refractivity contribution in [1.82, 2.24) is 20.2 Å². The molecule has 0 fully saturated rings. The number of amides is 1. The standard InChI is InChI=1S/C21H19N5O4/c27-19(16-6-8-17-15(11-16)7-9-20(28)23-17)12-30-21(29)18(26-13-22-24-25-26)10-14-4-2-1-3-5-14/h1-6,8,11,13,18H,7,9-10,12H2,(H,23,28)/t18-/m1/s1. The summed E-state index contributed by atoms with van der Waals surface area (Å²) in [4.78, 5) is 36.7. The van der Waals surface area contributed by atoms with Gasteiger partial charge in [0.05, 0.1) is 0 Å². The third-order valence-electron chi connectivity index (χ3n) is 4.90. The molecule has 1 aliphatic heterocycles. The molecule has 1 N–H and O–H groups in total. The summed E-state index contributed by atoms with van der Waals surface area (Å²) in [6.45, 7) is -0.391. The van der Waals surface area contributed by atoms with Crippen molar-refractivity contribution in [2.24, 2.45) is 0 Å². The van der Waals surface area contributed by atoms with Crippen LogP contribution in [0.25, 0.3) is 0 Å². The zero-order chi connectivity index (χ0) is 20.9. The van der Waals surface area contributed by atoms with Crippen molar-refractivity contribution in [3.05, 3.63) is 71.5 Å². The quantitative estimate of drug-likeness (QED) is 0.470. The summed E-state index contributed by atoms with van der Waals surface area (Å²) in [5.74, 6) is -0.953. The number of ether oxygens (including phenoxy) is 1. The molecular formula is C21H19N5O4. The van der Waals surface area contributed by atoms with Crippen molar-refractivity contribution >= 4 is 23.3 Å². The molecule has 0 unspecified atom stereocenters. The molecule has 0 spiro atoms. The Morgan fingerprint density at radius 3 is 2.73 bits per heavy atom. The van der Waals surface area contributed by atoms with Crippen LogP contribution in [0.2, 0.25) is 0 Å². The molecule has 3 aromatic rings. The van der Waals surface area contributed by atoms with Gasteiger partial charge in [-0.1, -0.05) is 30.3 Å². The second-order valence-electron chi connectivity index (χ2n) is 6.95. The Kier molecular flexibility index (Phi) is 5.60. The van der Waals surface area contributed by atoms with Gasteiger partial charge in [0, 0.05) is 24.1 Å². The second kappa shape index (κ2) is 8.64. The zero-order valence-corrected chi connectivity index (χ0v) is 16.0. The molecule has 1 aliphatic rings. The highest BCUT2D eigenvalue weighted by Gasteiger charge is 2.25. The van der Waals surface area contributed by atoms with E-state index in [4.69, 9.17) is 4.74 Å². The minimum Gasteiger partial charge on any atom is -0.456 e. The molecule has 2 aromatic carbocycles. The lowest BCUT2D eigenvalue weighted by molar-refractivity contribution is -0.146. The average molecular weight is 405 g/mol. The van der Waals surface area contributed by atoms with E-state index in [0.29, 0.717) is 30.5 Å². The number of ketones is 1. The third kappa shape index (κ3) is 4.40. The lowest BCUT2D eigenvalue weighted by atomic mass is 9.99. The largest absolute Gasteiger partial charge is 0.456 e. The molecule has 4 rings (SSSR count). The van der Waals surface area contributed by atoms with Crippen LogP contribution in [-0.4, -0.2) is 44.5 Å². The summed E-state index contributed by atoms with van der Waals surface area (Å²) in [6.07, 6.45) is 2.62. The second-order valence-corrected chi connectivity index (χ2v) is 6.95. The van der Waals surface area contributed by atoms with E-state index in [-0.39, 0.29) is 11.7 Å². The van der Waals surface area contributed by atoms with E-state index in [1.54, 1.807) is 18.2 Å². The lowest BCUT2D eigenvalue weighted by Crippen LogP contribution is -2.27. The van der Waals surface area contributed by atoms with E-state index in [0.717, 1.165) is 11.1 Å². The third-order valence-corrected chi connectivity index (χ3v) is 4.90. The first-order valence-electron chi connectivity index (χ1n) is 9.49. The summed E-state index contributed by atoms with van der Waals surface area (Å²) < 4.78 is 6.62. The van der Waals surface area contributed by atoms with E-state index in [1.807, 2.05) is 30.3 Å². The minimum absolute atomic E-state index is 0.0393. The maximum absolute atomic E-state index is 12.7. The molecule has 0 aliphatic carbocycles. The van der Waals surface area contributed by atoms with Crippen LogP contribution in [0.4, 0.5) is 5.69 Å². The number of aryl methyl sites for hydroxylation is 1. The number of rotatable bonds is 7. The molecular weight excluding hydrogens is 386 g/mol. The van der Waals surface area contributed by atoms with Crippen LogP contribution < -0.4 is 5.32 Å². The normalized spacial score (nSPS) is 13.8. The van der Waals surface area contributed by atoms with E-state index in [2.05, 4.69) is 20.8 Å². The van der Waals surface area contributed by atoms with E-state index < -0.39 is 18.6 Å². The van der Waals surface area contributed by atoms with Crippen LogP contribution in [0.1, 0.15) is 33.9 Å². The summed E-state index contributed by atoms with van der Waals surface area (Å²) in [5.41, 5.74) is 2.95. The van der Waals surface area contributed by atoms with Gasteiger partial charge in [-0.15, -0.1) is 5.10 Å². The number of tetrazole rings is 1. The SMILES string of the molecule is O=C1CCc2cc(C(=O)COC(=O)[C@@H](Cc3ccccc3)n3cnnn3)ccc2N1. The Morgan fingerprint density at radius 2 is 1.97 bits per heavy atom. The van der Waals surface area contributed by atoms with Gasteiger partial charge in [0.1, 0.15) is 6.33 Å². The number of carbonyl (C=O) groups is 3. The van der Waals surface area contributed by atoms with Gasteiger partial charge in [-0.2, -0.15) is 0 Å². The molecule has 0 radical (unpaired) electrons. The first-order chi connectivity index (χ1) is 14.6. The Bertz CT molecular complexity index is 1070. The summed E-state index contributed by atoms with van der Waals surface area (Å²) in [7, 11) is 0. The number of aromatic nitrogens is 4. The maximum Gasteiger partial charge on any atom is 0.331 e.